The molecule has 2 N–H and O–H groups in total. The largest absolute Gasteiger partial charge is 0.376 e. The number of aryl methyl sites for hydroxylation is 1. The molecule has 0 bridgehead atoms. The van der Waals surface area contributed by atoms with E-state index in [1.54, 1.807) is 0 Å². The number of rotatable bonds is 6. The second-order valence-corrected chi connectivity index (χ2v) is 7.28. The fourth-order valence-corrected chi connectivity index (χ4v) is 3.80. The normalized spacial score (nSPS) is 23.6. The molecule has 0 unspecified atom stereocenters. The van der Waals surface area contributed by atoms with Gasteiger partial charge in [0.05, 0.1) is 19.3 Å². The van der Waals surface area contributed by atoms with E-state index in [9.17, 15) is 4.79 Å². The predicted molar refractivity (Wildman–Crippen MR) is 95.2 cm³/mol. The molecular formula is C18H31N5O2. The summed E-state index contributed by atoms with van der Waals surface area (Å²) in [4.78, 5) is 12.0. The smallest absolute Gasteiger partial charge is 0.315 e. The maximum atomic E-state index is 12.0. The van der Waals surface area contributed by atoms with Gasteiger partial charge < -0.3 is 19.9 Å². The Morgan fingerprint density at radius 3 is 2.92 bits per heavy atom. The van der Waals surface area contributed by atoms with Gasteiger partial charge >= 0.3 is 6.03 Å². The van der Waals surface area contributed by atoms with Crippen LogP contribution in [0.4, 0.5) is 4.79 Å². The average Bonchev–Trinajstić information content (AvgIpc) is 2.85. The fraction of sp³-hybridized carbons (Fsp3) is 0.833. The first-order chi connectivity index (χ1) is 12.2. The zero-order valence-electron chi connectivity index (χ0n) is 15.3. The molecule has 0 spiro atoms. The number of urea groups is 1. The van der Waals surface area contributed by atoms with Gasteiger partial charge in [0.1, 0.15) is 5.82 Å². The SMILES string of the molecule is C[C@@H]1CCCC[C@H]1OCCNC(=O)NCc1nnc2n1CCCCC2. The summed E-state index contributed by atoms with van der Waals surface area (Å²) in [5.41, 5.74) is 0. The Kier molecular flexibility index (Phi) is 6.67. The van der Waals surface area contributed by atoms with Gasteiger partial charge in [-0.25, -0.2) is 4.79 Å². The van der Waals surface area contributed by atoms with Crippen molar-refractivity contribution >= 4 is 6.03 Å². The van der Waals surface area contributed by atoms with Crippen LogP contribution in [0, 0.1) is 5.92 Å². The van der Waals surface area contributed by atoms with E-state index in [1.807, 2.05) is 0 Å². The highest BCUT2D eigenvalue weighted by atomic mass is 16.5. The van der Waals surface area contributed by atoms with Crippen LogP contribution < -0.4 is 10.6 Å². The lowest BCUT2D eigenvalue weighted by Crippen LogP contribution is -2.38. The molecule has 1 fully saturated rings. The third-order valence-corrected chi connectivity index (χ3v) is 5.35. The second-order valence-electron chi connectivity index (χ2n) is 7.28. The van der Waals surface area contributed by atoms with Crippen molar-refractivity contribution in [2.45, 2.75) is 77.5 Å². The fourth-order valence-electron chi connectivity index (χ4n) is 3.80. The highest BCUT2D eigenvalue weighted by molar-refractivity contribution is 5.73. The van der Waals surface area contributed by atoms with Crippen molar-refractivity contribution in [1.82, 2.24) is 25.4 Å². The van der Waals surface area contributed by atoms with E-state index in [2.05, 4.69) is 32.3 Å². The van der Waals surface area contributed by atoms with Crippen LogP contribution in [0.15, 0.2) is 0 Å². The molecule has 0 radical (unpaired) electrons. The summed E-state index contributed by atoms with van der Waals surface area (Å²) in [5.74, 6) is 2.52. The standard InChI is InChI=1S/C18H31N5O2/c1-14-7-4-5-8-15(14)25-12-10-19-18(24)20-13-17-22-21-16-9-3-2-6-11-23(16)17/h14-15H,2-13H2,1H3,(H2,19,20,24)/t14-,15-/m1/s1. The molecule has 3 rings (SSSR count). The Balaban J connectivity index is 1.34. The van der Waals surface area contributed by atoms with Crippen molar-refractivity contribution in [2.24, 2.45) is 5.92 Å². The van der Waals surface area contributed by atoms with Crippen LogP contribution in [0.25, 0.3) is 0 Å². The topological polar surface area (TPSA) is 81.1 Å². The van der Waals surface area contributed by atoms with Crippen molar-refractivity contribution in [3.63, 3.8) is 0 Å². The molecule has 0 aromatic carbocycles. The summed E-state index contributed by atoms with van der Waals surface area (Å²) in [6, 6.07) is -0.175. The predicted octanol–water partition coefficient (Wildman–Crippen LogP) is 2.40. The van der Waals surface area contributed by atoms with E-state index in [4.69, 9.17) is 4.74 Å². The summed E-state index contributed by atoms with van der Waals surface area (Å²) >= 11 is 0. The van der Waals surface area contributed by atoms with E-state index >= 15 is 0 Å². The molecule has 1 aromatic heterocycles. The van der Waals surface area contributed by atoms with Gasteiger partial charge in [-0.2, -0.15) is 0 Å². The summed E-state index contributed by atoms with van der Waals surface area (Å²) < 4.78 is 8.07. The maximum absolute atomic E-state index is 12.0. The molecule has 1 aliphatic heterocycles. The van der Waals surface area contributed by atoms with Crippen LogP contribution in [0.2, 0.25) is 0 Å². The zero-order valence-corrected chi connectivity index (χ0v) is 15.3. The minimum Gasteiger partial charge on any atom is -0.376 e. The first kappa shape index (κ1) is 18.2. The van der Waals surface area contributed by atoms with E-state index in [-0.39, 0.29) is 6.03 Å². The van der Waals surface area contributed by atoms with Crippen molar-refractivity contribution in [2.75, 3.05) is 13.2 Å². The van der Waals surface area contributed by atoms with Crippen molar-refractivity contribution in [3.05, 3.63) is 11.6 Å². The quantitative estimate of drug-likeness (QED) is 0.773. The minimum absolute atomic E-state index is 0.175. The van der Waals surface area contributed by atoms with E-state index < -0.39 is 0 Å². The van der Waals surface area contributed by atoms with Gasteiger partial charge in [0.25, 0.3) is 0 Å². The third-order valence-electron chi connectivity index (χ3n) is 5.35. The van der Waals surface area contributed by atoms with Gasteiger partial charge in [0, 0.05) is 19.5 Å². The number of fused-ring (bicyclic) bond motifs is 1. The molecule has 1 aliphatic carbocycles. The van der Waals surface area contributed by atoms with Gasteiger partial charge in [-0.05, 0) is 31.6 Å². The monoisotopic (exact) mass is 349 g/mol. The molecule has 7 heteroatoms. The lowest BCUT2D eigenvalue weighted by Gasteiger charge is -2.28. The first-order valence-corrected chi connectivity index (χ1v) is 9.78. The number of amides is 2. The second kappa shape index (κ2) is 9.17. The third kappa shape index (κ3) is 5.17. The minimum atomic E-state index is -0.175. The molecule has 0 saturated heterocycles. The molecule has 140 valence electrons. The summed E-state index contributed by atoms with van der Waals surface area (Å²) in [6.45, 7) is 4.73. The lowest BCUT2D eigenvalue weighted by molar-refractivity contribution is -0.00243. The van der Waals surface area contributed by atoms with Gasteiger partial charge in [-0.1, -0.05) is 26.2 Å². The number of hydrogen-bond donors (Lipinski definition) is 2. The summed E-state index contributed by atoms with van der Waals surface area (Å²) in [6.07, 6.45) is 9.86. The van der Waals surface area contributed by atoms with Crippen LogP contribution in [0.1, 0.15) is 63.5 Å². The van der Waals surface area contributed by atoms with Crippen molar-refractivity contribution in [3.8, 4) is 0 Å². The first-order valence-electron chi connectivity index (χ1n) is 9.78. The molecule has 2 heterocycles. The number of hydrogen-bond acceptors (Lipinski definition) is 4. The molecule has 7 nitrogen and oxygen atoms in total. The van der Waals surface area contributed by atoms with E-state index in [0.29, 0.717) is 31.7 Å². The Morgan fingerprint density at radius 2 is 2.04 bits per heavy atom. The van der Waals surface area contributed by atoms with Gasteiger partial charge in [-0.3, -0.25) is 0 Å². The maximum Gasteiger partial charge on any atom is 0.315 e. The zero-order chi connectivity index (χ0) is 17.5. The molecule has 2 atom stereocenters. The number of nitrogens with zero attached hydrogens (tertiary/aromatic N) is 3. The Morgan fingerprint density at radius 1 is 1.16 bits per heavy atom. The Labute approximate surface area is 149 Å². The molecule has 1 saturated carbocycles. The van der Waals surface area contributed by atoms with E-state index in [1.165, 1.54) is 32.1 Å². The van der Waals surface area contributed by atoms with Crippen LogP contribution in [0.3, 0.4) is 0 Å². The number of carbonyl (C=O) groups is 1. The highest BCUT2D eigenvalue weighted by Gasteiger charge is 2.21. The molecular weight excluding hydrogens is 318 g/mol. The van der Waals surface area contributed by atoms with Crippen molar-refractivity contribution in [1.29, 1.82) is 0 Å². The molecule has 2 amide bonds. The Bertz CT molecular complexity index is 560. The Hall–Kier alpha value is -1.63. The van der Waals surface area contributed by atoms with Crippen LogP contribution in [0.5, 0.6) is 0 Å². The number of nitrogens with one attached hydrogen (secondary N) is 2. The van der Waals surface area contributed by atoms with Gasteiger partial charge in [0.15, 0.2) is 5.82 Å². The van der Waals surface area contributed by atoms with Crippen molar-refractivity contribution < 1.29 is 9.53 Å². The van der Waals surface area contributed by atoms with Crippen LogP contribution >= 0.6 is 0 Å². The van der Waals surface area contributed by atoms with Crippen LogP contribution in [-0.2, 0) is 24.2 Å². The number of ether oxygens (including phenoxy) is 1. The summed E-state index contributed by atoms with van der Waals surface area (Å²) in [7, 11) is 0. The van der Waals surface area contributed by atoms with Gasteiger partial charge in [0.2, 0.25) is 0 Å². The number of carbonyl (C=O) groups excluding carboxylic acids is 1. The molecule has 25 heavy (non-hydrogen) atoms. The van der Waals surface area contributed by atoms with E-state index in [0.717, 1.165) is 37.5 Å². The molecule has 1 aromatic rings. The molecule has 2 aliphatic rings. The number of aromatic nitrogens is 3. The van der Waals surface area contributed by atoms with Gasteiger partial charge in [-0.15, -0.1) is 10.2 Å². The summed E-state index contributed by atoms with van der Waals surface area (Å²) in [5, 5.41) is 14.2. The van der Waals surface area contributed by atoms with Crippen LogP contribution in [-0.4, -0.2) is 40.1 Å². The average molecular weight is 349 g/mol. The lowest BCUT2D eigenvalue weighted by atomic mass is 9.88. The highest BCUT2D eigenvalue weighted by Crippen LogP contribution is 2.25.